The number of halogens is 5. The first kappa shape index (κ1) is 30.4. The normalized spacial score (nSPS) is 17.2. The number of aryl methyl sites for hydroxylation is 1. The lowest BCUT2D eigenvalue weighted by Crippen LogP contribution is -2.18. The fourth-order valence-corrected chi connectivity index (χ4v) is 5.67. The number of rotatable bonds is 9. The smallest absolute Gasteiger partial charge is 0.257 e. The highest BCUT2D eigenvalue weighted by Crippen LogP contribution is 2.65. The third kappa shape index (κ3) is 6.85. The number of carbonyl (C=O) groups excluding carboxylic acids is 3. The van der Waals surface area contributed by atoms with E-state index in [1.54, 1.807) is 49.4 Å². The fourth-order valence-electron chi connectivity index (χ4n) is 4.33. The number of nitrogens with one attached hydrogen (secondary N) is 3. The van der Waals surface area contributed by atoms with Crippen molar-refractivity contribution in [1.82, 2.24) is 0 Å². The van der Waals surface area contributed by atoms with Crippen molar-refractivity contribution in [2.24, 2.45) is 11.7 Å². The molecule has 12 heteroatoms. The fraction of sp³-hybridized carbons (Fsp3) is 0.250. The van der Waals surface area contributed by atoms with Gasteiger partial charge in [0.15, 0.2) is 0 Å². The number of benzene rings is 3. The Hall–Kier alpha value is -2.52. The van der Waals surface area contributed by atoms with E-state index in [2.05, 4.69) is 16.0 Å². The van der Waals surface area contributed by atoms with Crippen molar-refractivity contribution < 1.29 is 14.4 Å². The largest absolute Gasteiger partial charge is 0.330 e. The highest BCUT2D eigenvalue weighted by molar-refractivity contribution is 6.53. The summed E-state index contributed by atoms with van der Waals surface area (Å²) in [4.78, 5) is 38.1. The molecule has 3 aromatic carbocycles. The van der Waals surface area contributed by atoms with E-state index in [4.69, 9.17) is 63.7 Å². The molecule has 0 heterocycles. The Morgan fingerprint density at radius 1 is 0.850 bits per heavy atom. The summed E-state index contributed by atoms with van der Waals surface area (Å²) in [6.07, 6.45) is 0.920. The number of hydrogen-bond donors (Lipinski definition) is 4. The minimum atomic E-state index is -1.33. The molecule has 3 amide bonds. The Kier molecular flexibility index (Phi) is 9.55. The van der Waals surface area contributed by atoms with Gasteiger partial charge >= 0.3 is 0 Å². The van der Waals surface area contributed by atoms with Crippen molar-refractivity contribution in [2.45, 2.75) is 30.0 Å². The van der Waals surface area contributed by atoms with Crippen LogP contribution >= 0.6 is 58.0 Å². The van der Waals surface area contributed by atoms with E-state index in [1.807, 2.05) is 0 Å². The third-order valence-electron chi connectivity index (χ3n) is 6.48. The molecule has 4 rings (SSSR count). The van der Waals surface area contributed by atoms with Crippen molar-refractivity contribution in [2.75, 3.05) is 22.5 Å². The van der Waals surface area contributed by atoms with E-state index < -0.39 is 28.0 Å². The molecule has 0 spiro atoms. The predicted octanol–water partition coefficient (Wildman–Crippen LogP) is 7.41. The van der Waals surface area contributed by atoms with Gasteiger partial charge in [-0.15, -0.1) is 23.2 Å². The Balaban J connectivity index is 1.44. The number of carbonyl (C=O) groups is 3. The Morgan fingerprint density at radius 3 is 2.20 bits per heavy atom. The van der Waals surface area contributed by atoms with Crippen LogP contribution in [-0.4, -0.2) is 28.6 Å². The summed E-state index contributed by atoms with van der Waals surface area (Å²) in [5, 5.41) is 9.30. The first-order chi connectivity index (χ1) is 18.9. The molecule has 0 aliphatic heterocycles. The van der Waals surface area contributed by atoms with Gasteiger partial charge in [-0.3, -0.25) is 14.4 Å². The van der Waals surface area contributed by atoms with Crippen LogP contribution in [0.15, 0.2) is 54.6 Å². The second kappa shape index (κ2) is 12.6. The average molecular weight is 643 g/mol. The van der Waals surface area contributed by atoms with Crippen LogP contribution in [0.4, 0.5) is 17.1 Å². The van der Waals surface area contributed by atoms with E-state index in [9.17, 15) is 14.4 Å². The summed E-state index contributed by atoms with van der Waals surface area (Å²) >= 11 is 31.3. The summed E-state index contributed by atoms with van der Waals surface area (Å²) in [6, 6.07) is 14.7. The molecule has 0 bridgehead atoms. The molecule has 40 heavy (non-hydrogen) atoms. The molecule has 3 aromatic rings. The lowest BCUT2D eigenvalue weighted by atomic mass is 10.1. The molecule has 2 unspecified atom stereocenters. The lowest BCUT2D eigenvalue weighted by Gasteiger charge is -2.13. The van der Waals surface area contributed by atoms with Crippen molar-refractivity contribution in [3.8, 4) is 0 Å². The summed E-state index contributed by atoms with van der Waals surface area (Å²) in [5.41, 5.74) is 8.50. The van der Waals surface area contributed by atoms with Gasteiger partial charge in [-0.1, -0.05) is 40.9 Å². The van der Waals surface area contributed by atoms with Gasteiger partial charge in [0.1, 0.15) is 4.33 Å². The van der Waals surface area contributed by atoms with Crippen molar-refractivity contribution in [1.29, 1.82) is 0 Å². The predicted molar refractivity (Wildman–Crippen MR) is 163 cm³/mol. The number of alkyl halides is 2. The molecular weight excluding hydrogens is 618 g/mol. The van der Waals surface area contributed by atoms with E-state index in [-0.39, 0.29) is 16.5 Å². The molecular formula is C28H25Cl5N4O3. The molecule has 0 radical (unpaired) electrons. The van der Waals surface area contributed by atoms with Crippen LogP contribution in [0.1, 0.15) is 40.2 Å². The van der Waals surface area contributed by atoms with Gasteiger partial charge in [-0.2, -0.15) is 0 Å². The molecule has 0 saturated heterocycles. The molecule has 1 aliphatic carbocycles. The SMILES string of the molecule is Cc1cc(NC(=O)CCCN)ccc1NC(=O)c1cc(NC(=O)C2C(c3ccc(Cl)c(Cl)c3)C2(Cl)Cl)ccc1Cl. The maximum Gasteiger partial charge on any atom is 0.257 e. The number of amides is 3. The minimum Gasteiger partial charge on any atom is -0.330 e. The molecule has 0 aromatic heterocycles. The van der Waals surface area contributed by atoms with Gasteiger partial charge in [0.05, 0.1) is 26.5 Å². The quantitative estimate of drug-likeness (QED) is 0.182. The zero-order valence-electron chi connectivity index (χ0n) is 21.2. The van der Waals surface area contributed by atoms with E-state index in [0.717, 1.165) is 5.56 Å². The lowest BCUT2D eigenvalue weighted by molar-refractivity contribution is -0.117. The Bertz CT molecular complexity index is 1480. The Morgan fingerprint density at radius 2 is 1.52 bits per heavy atom. The number of anilines is 3. The zero-order valence-corrected chi connectivity index (χ0v) is 24.9. The van der Waals surface area contributed by atoms with Crippen molar-refractivity contribution in [3.63, 3.8) is 0 Å². The molecule has 2 atom stereocenters. The molecule has 1 fully saturated rings. The molecule has 1 aliphatic rings. The highest BCUT2D eigenvalue weighted by Gasteiger charge is 2.67. The maximum atomic E-state index is 13.1. The van der Waals surface area contributed by atoms with Crippen molar-refractivity contribution >= 4 is 92.8 Å². The van der Waals surface area contributed by atoms with Crippen LogP contribution < -0.4 is 21.7 Å². The number of hydrogen-bond acceptors (Lipinski definition) is 4. The Labute approximate surface area is 256 Å². The second-order valence-electron chi connectivity index (χ2n) is 9.41. The third-order valence-corrected chi connectivity index (χ3v) is 8.49. The molecule has 210 valence electrons. The van der Waals surface area contributed by atoms with Gasteiger partial charge in [-0.25, -0.2) is 0 Å². The van der Waals surface area contributed by atoms with E-state index >= 15 is 0 Å². The van der Waals surface area contributed by atoms with Gasteiger partial charge in [-0.05, 0) is 79.5 Å². The van der Waals surface area contributed by atoms with E-state index in [0.29, 0.717) is 52.1 Å². The summed E-state index contributed by atoms with van der Waals surface area (Å²) in [7, 11) is 0. The van der Waals surface area contributed by atoms with Gasteiger partial charge in [0.2, 0.25) is 11.8 Å². The highest BCUT2D eigenvalue weighted by atomic mass is 35.5. The monoisotopic (exact) mass is 640 g/mol. The molecule has 1 saturated carbocycles. The van der Waals surface area contributed by atoms with Gasteiger partial charge in [0.25, 0.3) is 5.91 Å². The second-order valence-corrected chi connectivity index (χ2v) is 12.1. The van der Waals surface area contributed by atoms with Gasteiger partial charge < -0.3 is 21.7 Å². The van der Waals surface area contributed by atoms with Crippen LogP contribution in [-0.2, 0) is 9.59 Å². The van der Waals surface area contributed by atoms with Crippen molar-refractivity contribution in [3.05, 3.63) is 86.4 Å². The van der Waals surface area contributed by atoms with Crippen LogP contribution in [0.25, 0.3) is 0 Å². The first-order valence-electron chi connectivity index (χ1n) is 12.3. The minimum absolute atomic E-state index is 0.137. The van der Waals surface area contributed by atoms with Crippen LogP contribution in [0.2, 0.25) is 15.1 Å². The number of nitrogens with two attached hydrogens (primary N) is 1. The topological polar surface area (TPSA) is 113 Å². The van der Waals surface area contributed by atoms with Gasteiger partial charge in [0, 0.05) is 29.4 Å². The maximum absolute atomic E-state index is 13.1. The zero-order chi connectivity index (χ0) is 29.2. The molecule has 7 nitrogen and oxygen atoms in total. The van der Waals surface area contributed by atoms with Crippen LogP contribution in [0.5, 0.6) is 0 Å². The summed E-state index contributed by atoms with van der Waals surface area (Å²) in [6.45, 7) is 2.23. The van der Waals surface area contributed by atoms with Crippen LogP contribution in [0.3, 0.4) is 0 Å². The summed E-state index contributed by atoms with van der Waals surface area (Å²) in [5.74, 6) is -2.28. The van der Waals surface area contributed by atoms with Crippen LogP contribution in [0, 0.1) is 12.8 Å². The molecule has 5 N–H and O–H groups in total. The average Bonchev–Trinajstić information content (AvgIpc) is 3.48. The summed E-state index contributed by atoms with van der Waals surface area (Å²) < 4.78 is -1.33. The standard InChI is InChI=1S/C28H25Cl5N4O3/c1-14-11-16(35-23(38)3-2-10-34)6-9-22(14)37-26(39)18-13-17(5-8-19(18)29)36-27(40)25-24(28(25,32)33)15-4-7-20(30)21(31)12-15/h4-9,11-13,24-25H,2-3,10,34H2,1H3,(H,35,38)(H,36,40)(H,37,39). The first-order valence-corrected chi connectivity index (χ1v) is 14.2. The van der Waals surface area contributed by atoms with E-state index in [1.165, 1.54) is 12.1 Å².